The zero-order valence-electron chi connectivity index (χ0n) is 80.0. The Labute approximate surface area is 752 Å². The third-order valence-electron chi connectivity index (χ3n) is 18.2. The number of alkyl carbamates (subject to hydrolysis) is 1. The van der Waals surface area contributed by atoms with Crippen LogP contribution in [0.4, 0.5) is 4.79 Å². The van der Waals surface area contributed by atoms with Gasteiger partial charge in [0.05, 0.1) is 45.9 Å². The molecule has 1 aromatic carbocycles. The van der Waals surface area contributed by atoms with Crippen molar-refractivity contribution in [3.05, 3.63) is 35.4 Å². The molecule has 37 heteroatoms. The lowest BCUT2D eigenvalue weighted by Crippen LogP contribution is -2.57. The molecule has 1 aliphatic heterocycles. The first-order chi connectivity index (χ1) is 58.8. The summed E-state index contributed by atoms with van der Waals surface area (Å²) in [6.07, 6.45) is -0.0221. The van der Waals surface area contributed by atoms with Crippen LogP contribution in [0.3, 0.4) is 0 Å². The van der Waals surface area contributed by atoms with E-state index in [0.717, 1.165) is 11.1 Å². The van der Waals surface area contributed by atoms with E-state index in [4.69, 9.17) is 42.6 Å². The number of rotatable bonds is 50. The normalized spacial score (nSPS) is 15.1. The van der Waals surface area contributed by atoms with Gasteiger partial charge in [-0.15, -0.1) is 0 Å². The van der Waals surface area contributed by atoms with Gasteiger partial charge >= 0.3 is 47.9 Å². The minimum atomic E-state index is -1.57. The molecule has 1 aliphatic rings. The van der Waals surface area contributed by atoms with E-state index in [9.17, 15) is 77.0 Å². The molecular formula is C90H154N12O25. The summed E-state index contributed by atoms with van der Waals surface area (Å²) in [4.78, 5) is 209. The van der Waals surface area contributed by atoms with Crippen LogP contribution in [0.2, 0.25) is 0 Å². The Kier molecular flexibility index (Phi) is 50.5. The van der Waals surface area contributed by atoms with Crippen molar-refractivity contribution in [2.45, 2.75) is 324 Å². The van der Waals surface area contributed by atoms with Crippen LogP contribution < -0.4 is 42.5 Å². The van der Waals surface area contributed by atoms with Gasteiger partial charge in [-0.1, -0.05) is 29.8 Å². The fraction of sp³-hybridized carbons (Fsp3) is 0.767. The monoisotopic (exact) mass is 1800 g/mol. The van der Waals surface area contributed by atoms with Crippen molar-refractivity contribution in [1.29, 1.82) is 0 Å². The molecule has 0 bridgehead atoms. The maximum Gasteiger partial charge on any atom is 0.407 e. The Morgan fingerprint density at radius 2 is 0.732 bits per heavy atom. The molecule has 9 N–H and O–H groups in total. The third kappa shape index (κ3) is 58.8. The fourth-order valence-electron chi connectivity index (χ4n) is 12.7. The van der Waals surface area contributed by atoms with E-state index >= 15 is 0 Å². The van der Waals surface area contributed by atoms with E-state index in [0.29, 0.717) is 58.3 Å². The van der Waals surface area contributed by atoms with E-state index in [2.05, 4.69) is 42.5 Å². The molecular weight excluding hydrogens is 1650 g/mol. The van der Waals surface area contributed by atoms with Gasteiger partial charge in [-0.25, -0.2) is 4.79 Å². The lowest BCUT2D eigenvalue weighted by Gasteiger charge is -2.37. The summed E-state index contributed by atoms with van der Waals surface area (Å²) in [5, 5.41) is 30.7. The molecule has 0 aromatic heterocycles. The highest BCUT2D eigenvalue weighted by atomic mass is 16.6. The van der Waals surface area contributed by atoms with E-state index < -0.39 is 166 Å². The molecule has 8 amide bonds. The first kappa shape index (κ1) is 114. The molecule has 0 saturated carbocycles. The number of nitrogens with one attached hydrogen (secondary N) is 8. The lowest BCUT2D eigenvalue weighted by atomic mass is 10.0. The molecule has 1 fully saturated rings. The van der Waals surface area contributed by atoms with Crippen LogP contribution in [0.15, 0.2) is 24.3 Å². The van der Waals surface area contributed by atoms with Crippen molar-refractivity contribution in [3.63, 3.8) is 0 Å². The summed E-state index contributed by atoms with van der Waals surface area (Å²) >= 11 is 0. The maximum atomic E-state index is 14.5. The SMILES string of the molecule is Cc1ccc(CCCC(=O)N[C@@H](CCCCNC(=O)CC[C@H](C(=O)OC(C)(C)C)N2CCN(CC(=O)OC(C)(C)C)CCN(CC(=O)OC(C)(C)C)CCN(CC(=O)OC(C)(C)C)CC2)C(=O)NCCOCCOCC(=O)N[C@H](CCCCNC(=O)OC(C)(C)C)C(=O)N[C@H](CCC(=O)OC(C)(C)C)C(=O)N[C@H](CCC(=O)OC(C)(C)C)C(=O)NCCC(=O)O)cc1. The van der Waals surface area contributed by atoms with E-state index in [-0.39, 0.29) is 161 Å². The zero-order chi connectivity index (χ0) is 96.1. The second-order valence-electron chi connectivity index (χ2n) is 38.8. The highest BCUT2D eigenvalue weighted by molar-refractivity contribution is 5.95. The van der Waals surface area contributed by atoms with Crippen molar-refractivity contribution in [1.82, 2.24) is 62.1 Å². The average molecular weight is 1800 g/mol. The molecule has 5 atom stereocenters. The van der Waals surface area contributed by atoms with Gasteiger partial charge in [0.15, 0.2) is 0 Å². The van der Waals surface area contributed by atoms with Crippen LogP contribution in [0.1, 0.15) is 253 Å². The van der Waals surface area contributed by atoms with Crippen LogP contribution in [0.5, 0.6) is 0 Å². The van der Waals surface area contributed by atoms with Gasteiger partial charge in [-0.05, 0) is 229 Å². The van der Waals surface area contributed by atoms with Gasteiger partial charge in [0.1, 0.15) is 76.0 Å². The summed E-state index contributed by atoms with van der Waals surface area (Å²) in [6.45, 7) is 39.1. The summed E-state index contributed by atoms with van der Waals surface area (Å²) in [5.41, 5.74) is -3.70. The van der Waals surface area contributed by atoms with Gasteiger partial charge in [0.25, 0.3) is 0 Å². The largest absolute Gasteiger partial charge is 0.481 e. The van der Waals surface area contributed by atoms with Crippen molar-refractivity contribution in [3.8, 4) is 0 Å². The number of carboxylic acids is 1. The van der Waals surface area contributed by atoms with Crippen molar-refractivity contribution in [2.24, 2.45) is 0 Å². The number of aryl methyl sites for hydroxylation is 2. The number of unbranched alkanes of at least 4 members (excludes halogenated alkanes) is 2. The number of hydrogen-bond donors (Lipinski definition) is 9. The number of carbonyl (C=O) groups is 15. The van der Waals surface area contributed by atoms with E-state index in [1.807, 2.05) is 50.8 Å². The van der Waals surface area contributed by atoms with Gasteiger partial charge in [-0.2, -0.15) is 0 Å². The smallest absolute Gasteiger partial charge is 0.407 e. The van der Waals surface area contributed by atoms with Crippen LogP contribution in [-0.2, 0) is 116 Å². The standard InChI is InChI=1S/C90H154N12O25/c1-62-32-34-63(35-33-62)28-27-31-70(104)95-64(29-23-25-43-91-69(103)39-38-68(82(117)126-89(17,18)19)102-53-51-100(59-76(111)124-87(11,12)13)49-47-99(58-75(110)123-86(8,9)10)48-50-101(52-54-102)60-77(112)125-88(14,15)16)78(113)93-46-55-119-56-57-120-61-71(105)96-65(30-24-26-44-94-83(118)127-90(20,21)22)80(115)98-67(37-41-74(109)122-85(5,6)7)81(116)97-66(79(114)92-45-42-72(106)107)36-40-73(108)121-84(2,3)4/h32-35,64-68H,23-31,36-61H2,1-22H3,(H,91,103)(H,92,114)(H,93,113)(H,94,118)(H,95,104)(H,96,105)(H,97,116)(H,98,115)(H,106,107)/t64-,65+,66+,67+,68+/m0/s1. The van der Waals surface area contributed by atoms with Crippen LogP contribution in [0, 0.1) is 6.92 Å². The number of aliphatic carboxylic acids is 1. The third-order valence-corrected chi connectivity index (χ3v) is 18.2. The number of ether oxygens (including phenoxy) is 9. The Balaban J connectivity index is 2.33. The Morgan fingerprint density at radius 3 is 1.17 bits per heavy atom. The molecule has 0 radical (unpaired) electrons. The highest BCUT2D eigenvalue weighted by Crippen LogP contribution is 2.21. The molecule has 37 nitrogen and oxygen atoms in total. The van der Waals surface area contributed by atoms with Gasteiger partial charge < -0.3 is 90.3 Å². The second-order valence-corrected chi connectivity index (χ2v) is 38.8. The second kappa shape index (κ2) is 56.3. The number of benzene rings is 1. The van der Waals surface area contributed by atoms with Crippen molar-refractivity contribution < 1.29 is 120 Å². The molecule has 1 saturated heterocycles. The summed E-state index contributed by atoms with van der Waals surface area (Å²) in [5.74, 6) is -9.30. The molecule has 0 aliphatic carbocycles. The van der Waals surface area contributed by atoms with Gasteiger partial charge in [0.2, 0.25) is 41.4 Å². The quantitative estimate of drug-likeness (QED) is 0.0206. The average Bonchev–Trinajstić information content (AvgIpc) is 0.857. The van der Waals surface area contributed by atoms with Gasteiger partial charge in [0, 0.05) is 104 Å². The predicted octanol–water partition coefficient (Wildman–Crippen LogP) is 5.96. The summed E-state index contributed by atoms with van der Waals surface area (Å²) in [7, 11) is 0. The topological polar surface area (TPSA) is 469 Å². The minimum Gasteiger partial charge on any atom is -0.481 e. The number of esters is 6. The van der Waals surface area contributed by atoms with Crippen LogP contribution >= 0.6 is 0 Å². The maximum absolute atomic E-state index is 14.5. The molecule has 1 heterocycles. The number of carbonyl (C=O) groups excluding carboxylic acids is 14. The lowest BCUT2D eigenvalue weighted by molar-refractivity contribution is -0.163. The molecule has 724 valence electrons. The van der Waals surface area contributed by atoms with Crippen LogP contribution in [-0.4, -0.2) is 308 Å². The van der Waals surface area contributed by atoms with E-state index in [1.165, 1.54) is 0 Å². The van der Waals surface area contributed by atoms with Crippen LogP contribution in [0.25, 0.3) is 0 Å². The Bertz CT molecular complexity index is 3600. The summed E-state index contributed by atoms with van der Waals surface area (Å²) in [6, 6.07) is 1.63. The van der Waals surface area contributed by atoms with Gasteiger partial charge in [-0.3, -0.25) is 86.7 Å². The number of nitrogens with zero attached hydrogens (tertiary/aromatic N) is 4. The molecule has 0 unspecified atom stereocenters. The molecule has 1 aromatic rings. The minimum absolute atomic E-state index is 0.00467. The number of carboxylic acid groups (broad SMARTS) is 1. The van der Waals surface area contributed by atoms with Crippen molar-refractivity contribution >= 4 is 89.2 Å². The van der Waals surface area contributed by atoms with Crippen molar-refractivity contribution in [2.75, 3.05) is 125 Å². The predicted molar refractivity (Wildman–Crippen MR) is 474 cm³/mol. The molecule has 2 rings (SSSR count). The molecule has 0 spiro atoms. The van der Waals surface area contributed by atoms with E-state index in [1.54, 1.807) is 145 Å². The highest BCUT2D eigenvalue weighted by Gasteiger charge is 2.36. The number of amides is 8. The molecule has 127 heavy (non-hydrogen) atoms. The first-order valence-corrected chi connectivity index (χ1v) is 44.4. The Hall–Kier alpha value is -9.17. The Morgan fingerprint density at radius 1 is 0.346 bits per heavy atom. The fourth-order valence-corrected chi connectivity index (χ4v) is 12.7. The summed E-state index contributed by atoms with van der Waals surface area (Å²) < 4.78 is 50.8. The zero-order valence-corrected chi connectivity index (χ0v) is 80.0. The number of hydrogen-bond acceptors (Lipinski definition) is 28. The first-order valence-electron chi connectivity index (χ1n) is 44.4.